The van der Waals surface area contributed by atoms with Crippen LogP contribution in [0.2, 0.25) is 0 Å². The van der Waals surface area contributed by atoms with Crippen LogP contribution in [0.3, 0.4) is 0 Å². The van der Waals surface area contributed by atoms with Crippen molar-refractivity contribution in [2.45, 2.75) is 13.0 Å². The summed E-state index contributed by atoms with van der Waals surface area (Å²) in [5, 5.41) is 15.4. The summed E-state index contributed by atoms with van der Waals surface area (Å²) >= 11 is 0. The molecule has 0 aliphatic heterocycles. The first-order valence-electron chi connectivity index (χ1n) is 8.10. The summed E-state index contributed by atoms with van der Waals surface area (Å²) in [7, 11) is 1.68. The van der Waals surface area contributed by atoms with Crippen LogP contribution in [0.4, 0.5) is 5.69 Å². The van der Waals surface area contributed by atoms with Gasteiger partial charge in [-0.3, -0.25) is 14.9 Å². The molecule has 1 aromatic heterocycles. The molecule has 1 heterocycles. The van der Waals surface area contributed by atoms with Crippen LogP contribution in [0.5, 0.6) is 0 Å². The van der Waals surface area contributed by atoms with Crippen molar-refractivity contribution in [1.29, 1.82) is 0 Å². The second-order valence-corrected chi connectivity index (χ2v) is 5.94. The van der Waals surface area contributed by atoms with Gasteiger partial charge in [-0.15, -0.1) is 0 Å². The largest absolute Gasteiger partial charge is 0.341 e. The summed E-state index contributed by atoms with van der Waals surface area (Å²) in [6.07, 6.45) is 3.56. The summed E-state index contributed by atoms with van der Waals surface area (Å²) in [4.78, 5) is 24.6. The quantitative estimate of drug-likeness (QED) is 0.505. The number of carbonyl (C=O) groups is 1. The Kier molecular flexibility index (Phi) is 5.07. The third-order valence-electron chi connectivity index (χ3n) is 4.03. The molecule has 132 valence electrons. The molecule has 3 rings (SSSR count). The van der Waals surface area contributed by atoms with Gasteiger partial charge in [0.2, 0.25) is 5.91 Å². The van der Waals surface area contributed by atoms with Gasteiger partial charge in [0.1, 0.15) is 0 Å². The third-order valence-corrected chi connectivity index (χ3v) is 4.03. The molecular weight excluding hydrogens is 332 g/mol. The van der Waals surface area contributed by atoms with Crippen molar-refractivity contribution in [3.8, 4) is 5.69 Å². The van der Waals surface area contributed by atoms with Gasteiger partial charge in [0.15, 0.2) is 0 Å². The number of para-hydroxylation sites is 2. The molecule has 0 fully saturated rings. The van der Waals surface area contributed by atoms with E-state index >= 15 is 0 Å². The van der Waals surface area contributed by atoms with E-state index in [1.807, 2.05) is 36.5 Å². The minimum absolute atomic E-state index is 0.0134. The van der Waals surface area contributed by atoms with Crippen molar-refractivity contribution in [3.63, 3.8) is 0 Å². The Bertz CT molecular complexity index is 921. The molecule has 0 saturated carbocycles. The molecule has 0 aliphatic carbocycles. The van der Waals surface area contributed by atoms with Crippen LogP contribution in [-0.2, 0) is 17.8 Å². The average molecular weight is 350 g/mol. The van der Waals surface area contributed by atoms with Gasteiger partial charge in [-0.2, -0.15) is 5.10 Å². The molecule has 7 heteroatoms. The minimum atomic E-state index is -0.466. The maximum Gasteiger partial charge on any atom is 0.273 e. The Morgan fingerprint density at radius 2 is 1.85 bits per heavy atom. The highest BCUT2D eigenvalue weighted by Crippen LogP contribution is 2.19. The van der Waals surface area contributed by atoms with E-state index in [9.17, 15) is 14.9 Å². The molecule has 3 aromatic rings. The van der Waals surface area contributed by atoms with Gasteiger partial charge in [-0.05, 0) is 12.1 Å². The molecule has 0 atom stereocenters. The average Bonchev–Trinajstić information content (AvgIpc) is 3.11. The fourth-order valence-corrected chi connectivity index (χ4v) is 2.66. The molecule has 2 aromatic carbocycles. The first kappa shape index (κ1) is 17.3. The number of aromatic nitrogens is 2. The zero-order valence-corrected chi connectivity index (χ0v) is 14.3. The number of nitrogens with zero attached hydrogens (tertiary/aromatic N) is 4. The van der Waals surface area contributed by atoms with Crippen molar-refractivity contribution >= 4 is 11.6 Å². The fraction of sp³-hybridized carbons (Fsp3) is 0.158. The third kappa shape index (κ3) is 3.94. The zero-order chi connectivity index (χ0) is 18.5. The molecule has 26 heavy (non-hydrogen) atoms. The number of likely N-dealkylation sites (N-methyl/N-ethyl adjacent to an activating group) is 1. The topological polar surface area (TPSA) is 81.3 Å². The summed E-state index contributed by atoms with van der Waals surface area (Å²) < 4.78 is 1.75. The van der Waals surface area contributed by atoms with Crippen LogP contribution in [-0.4, -0.2) is 32.6 Å². The van der Waals surface area contributed by atoms with Crippen LogP contribution in [0.25, 0.3) is 5.69 Å². The van der Waals surface area contributed by atoms with Crippen LogP contribution in [0.1, 0.15) is 11.1 Å². The van der Waals surface area contributed by atoms with E-state index < -0.39 is 4.92 Å². The monoisotopic (exact) mass is 350 g/mol. The maximum atomic E-state index is 12.4. The van der Waals surface area contributed by atoms with E-state index in [2.05, 4.69) is 5.10 Å². The number of carbonyl (C=O) groups excluding carboxylic acids is 1. The van der Waals surface area contributed by atoms with E-state index in [4.69, 9.17) is 0 Å². The lowest BCUT2D eigenvalue weighted by molar-refractivity contribution is -0.385. The van der Waals surface area contributed by atoms with Crippen molar-refractivity contribution in [2.24, 2.45) is 0 Å². The summed E-state index contributed by atoms with van der Waals surface area (Å²) in [6, 6.07) is 16.0. The minimum Gasteiger partial charge on any atom is -0.341 e. The van der Waals surface area contributed by atoms with Crippen LogP contribution in [0.15, 0.2) is 67.0 Å². The molecule has 0 bridgehead atoms. The first-order valence-corrected chi connectivity index (χ1v) is 8.10. The summed E-state index contributed by atoms with van der Waals surface area (Å²) in [6.45, 7) is 0.381. The zero-order valence-electron chi connectivity index (χ0n) is 14.3. The molecule has 0 unspecified atom stereocenters. The molecule has 0 aliphatic rings. The second-order valence-electron chi connectivity index (χ2n) is 5.94. The molecular formula is C19H18N4O3. The lowest BCUT2D eigenvalue weighted by atomic mass is 10.1. The van der Waals surface area contributed by atoms with Crippen molar-refractivity contribution in [3.05, 3.63) is 88.2 Å². The Morgan fingerprint density at radius 1 is 1.15 bits per heavy atom. The lowest BCUT2D eigenvalue weighted by Crippen LogP contribution is -2.27. The van der Waals surface area contributed by atoms with E-state index in [1.54, 1.807) is 41.0 Å². The Balaban J connectivity index is 1.67. The molecule has 0 saturated heterocycles. The van der Waals surface area contributed by atoms with E-state index in [0.717, 1.165) is 11.3 Å². The lowest BCUT2D eigenvalue weighted by Gasteiger charge is -2.16. The van der Waals surface area contributed by atoms with E-state index in [0.29, 0.717) is 12.1 Å². The first-order chi connectivity index (χ1) is 12.5. The summed E-state index contributed by atoms with van der Waals surface area (Å²) in [5.74, 6) is -0.188. The van der Waals surface area contributed by atoms with Crippen molar-refractivity contribution in [1.82, 2.24) is 14.7 Å². The van der Waals surface area contributed by atoms with Crippen LogP contribution in [0, 0.1) is 10.1 Å². The number of nitro groups is 1. The SMILES string of the molecule is CN(Cc1cnn(-c2ccccc2)c1)C(=O)Cc1ccccc1[N+](=O)[O-]. The van der Waals surface area contributed by atoms with Gasteiger partial charge in [0.25, 0.3) is 5.69 Å². The van der Waals surface area contributed by atoms with Gasteiger partial charge in [0.05, 0.1) is 23.2 Å². The Morgan fingerprint density at radius 3 is 2.58 bits per heavy atom. The molecule has 0 N–H and O–H groups in total. The normalized spacial score (nSPS) is 10.5. The Labute approximate surface area is 150 Å². The number of nitro benzene ring substituents is 1. The second kappa shape index (κ2) is 7.60. The van der Waals surface area contributed by atoms with Crippen LogP contribution < -0.4 is 0 Å². The highest BCUT2D eigenvalue weighted by Gasteiger charge is 2.18. The predicted molar refractivity (Wildman–Crippen MR) is 96.8 cm³/mol. The van der Waals surface area contributed by atoms with Gasteiger partial charge >= 0.3 is 0 Å². The smallest absolute Gasteiger partial charge is 0.273 e. The number of hydrogen-bond acceptors (Lipinski definition) is 4. The van der Waals surface area contributed by atoms with E-state index in [1.165, 1.54) is 6.07 Å². The predicted octanol–water partition coefficient (Wildman–Crippen LogP) is 2.98. The highest BCUT2D eigenvalue weighted by molar-refractivity contribution is 5.79. The fourth-order valence-electron chi connectivity index (χ4n) is 2.66. The molecule has 0 radical (unpaired) electrons. The number of rotatable bonds is 6. The highest BCUT2D eigenvalue weighted by atomic mass is 16.6. The van der Waals surface area contributed by atoms with Crippen molar-refractivity contribution < 1.29 is 9.72 Å². The Hall–Kier alpha value is -3.48. The molecule has 0 spiro atoms. The maximum absolute atomic E-state index is 12.4. The molecule has 1 amide bonds. The van der Waals surface area contributed by atoms with Crippen molar-refractivity contribution in [2.75, 3.05) is 7.05 Å². The van der Waals surface area contributed by atoms with Gasteiger partial charge < -0.3 is 4.90 Å². The van der Waals surface area contributed by atoms with Gasteiger partial charge in [-0.25, -0.2) is 4.68 Å². The van der Waals surface area contributed by atoms with Crippen LogP contribution >= 0.6 is 0 Å². The number of amides is 1. The molecule has 7 nitrogen and oxygen atoms in total. The van der Waals surface area contributed by atoms with E-state index in [-0.39, 0.29) is 18.0 Å². The van der Waals surface area contributed by atoms with Gasteiger partial charge in [-0.1, -0.05) is 36.4 Å². The summed E-state index contributed by atoms with van der Waals surface area (Å²) in [5.41, 5.74) is 2.19. The van der Waals surface area contributed by atoms with Gasteiger partial charge in [0, 0.05) is 37.0 Å². The number of benzene rings is 2. The number of hydrogen-bond donors (Lipinski definition) is 0. The standard InChI is InChI=1S/C19H18N4O3/c1-21(19(24)11-16-7-5-6-10-18(16)23(25)26)13-15-12-20-22(14-15)17-8-3-2-4-9-17/h2-10,12,14H,11,13H2,1H3.